The first-order chi connectivity index (χ1) is 11.8. The number of aliphatic hydroxyl groups is 1. The van der Waals surface area contributed by atoms with Crippen molar-refractivity contribution >= 4 is 5.91 Å². The summed E-state index contributed by atoms with van der Waals surface area (Å²) in [5.41, 5.74) is 4.09. The van der Waals surface area contributed by atoms with Gasteiger partial charge in [-0.1, -0.05) is 37.3 Å². The van der Waals surface area contributed by atoms with Gasteiger partial charge in [0.25, 0.3) is 0 Å². The molecule has 2 N–H and O–H groups in total. The van der Waals surface area contributed by atoms with Crippen LogP contribution in [0.25, 0.3) is 0 Å². The first-order valence-corrected chi connectivity index (χ1v) is 8.82. The normalized spacial score (nSPS) is 14.8. The SMILES string of the molecule is Cc1nn(C)c(C)c1CC(C)C(=O)NC(C)CC(O)c1ccccc1. The minimum absolute atomic E-state index is 0.00964. The van der Waals surface area contributed by atoms with Crippen molar-refractivity contribution in [1.82, 2.24) is 15.1 Å². The molecule has 0 saturated heterocycles. The monoisotopic (exact) mass is 343 g/mol. The molecule has 5 heteroatoms. The van der Waals surface area contributed by atoms with Crippen LogP contribution in [0.2, 0.25) is 0 Å². The van der Waals surface area contributed by atoms with Gasteiger partial charge in [0.2, 0.25) is 5.91 Å². The van der Waals surface area contributed by atoms with Crippen molar-refractivity contribution < 1.29 is 9.90 Å². The van der Waals surface area contributed by atoms with Gasteiger partial charge in [0, 0.05) is 24.7 Å². The molecule has 1 aromatic carbocycles. The zero-order valence-corrected chi connectivity index (χ0v) is 15.8. The number of hydrogen-bond donors (Lipinski definition) is 2. The highest BCUT2D eigenvalue weighted by molar-refractivity contribution is 5.78. The van der Waals surface area contributed by atoms with Crippen LogP contribution in [0.5, 0.6) is 0 Å². The lowest BCUT2D eigenvalue weighted by atomic mass is 9.97. The standard InChI is InChI=1S/C20H29N3O2/c1-13(11-18-15(3)22-23(5)16(18)4)20(25)21-14(2)12-19(24)17-9-7-6-8-10-17/h6-10,13-14,19,24H,11-12H2,1-5H3,(H,21,25). The Morgan fingerprint density at radius 3 is 2.44 bits per heavy atom. The number of nitrogens with zero attached hydrogens (tertiary/aromatic N) is 2. The van der Waals surface area contributed by atoms with E-state index in [1.54, 1.807) is 0 Å². The molecular weight excluding hydrogens is 314 g/mol. The van der Waals surface area contributed by atoms with E-state index >= 15 is 0 Å². The summed E-state index contributed by atoms with van der Waals surface area (Å²) in [6, 6.07) is 9.43. The molecule has 136 valence electrons. The van der Waals surface area contributed by atoms with Crippen LogP contribution in [-0.2, 0) is 18.3 Å². The molecule has 0 radical (unpaired) electrons. The molecule has 0 aliphatic carbocycles. The Balaban J connectivity index is 1.90. The van der Waals surface area contributed by atoms with Crippen molar-refractivity contribution in [3.05, 3.63) is 52.8 Å². The highest BCUT2D eigenvalue weighted by Gasteiger charge is 2.21. The van der Waals surface area contributed by atoms with Gasteiger partial charge in [-0.15, -0.1) is 0 Å². The van der Waals surface area contributed by atoms with Crippen LogP contribution in [-0.4, -0.2) is 26.8 Å². The zero-order valence-electron chi connectivity index (χ0n) is 15.8. The minimum atomic E-state index is -0.574. The van der Waals surface area contributed by atoms with Crippen LogP contribution < -0.4 is 5.32 Å². The molecule has 0 aliphatic heterocycles. The number of benzene rings is 1. The van der Waals surface area contributed by atoms with Gasteiger partial charge in [0.05, 0.1) is 11.8 Å². The first kappa shape index (κ1) is 19.2. The van der Waals surface area contributed by atoms with E-state index in [0.717, 1.165) is 22.5 Å². The van der Waals surface area contributed by atoms with Crippen LogP contribution in [0.3, 0.4) is 0 Å². The molecule has 3 unspecified atom stereocenters. The average Bonchev–Trinajstić information content (AvgIpc) is 2.81. The van der Waals surface area contributed by atoms with Gasteiger partial charge in [-0.25, -0.2) is 0 Å². The van der Waals surface area contributed by atoms with E-state index in [2.05, 4.69) is 10.4 Å². The van der Waals surface area contributed by atoms with E-state index in [-0.39, 0.29) is 17.9 Å². The molecule has 5 nitrogen and oxygen atoms in total. The maximum atomic E-state index is 12.5. The summed E-state index contributed by atoms with van der Waals surface area (Å²) in [6.07, 6.45) is 0.591. The molecule has 0 aliphatic rings. The fourth-order valence-corrected chi connectivity index (χ4v) is 3.10. The Kier molecular flexibility index (Phi) is 6.37. The number of hydrogen-bond acceptors (Lipinski definition) is 3. The number of rotatable bonds is 7. The Hall–Kier alpha value is -2.14. The maximum absolute atomic E-state index is 12.5. The number of aryl methyl sites for hydroxylation is 2. The lowest BCUT2D eigenvalue weighted by molar-refractivity contribution is -0.125. The van der Waals surface area contributed by atoms with Crippen LogP contribution >= 0.6 is 0 Å². The van der Waals surface area contributed by atoms with Gasteiger partial charge < -0.3 is 10.4 Å². The number of nitrogens with one attached hydrogen (secondary N) is 1. The number of amides is 1. The summed E-state index contributed by atoms with van der Waals surface area (Å²) in [5, 5.41) is 17.7. The van der Waals surface area contributed by atoms with Crippen LogP contribution in [0.4, 0.5) is 0 Å². The predicted molar refractivity (Wildman–Crippen MR) is 99.2 cm³/mol. The molecule has 1 amide bonds. The lowest BCUT2D eigenvalue weighted by Crippen LogP contribution is -2.38. The summed E-state index contributed by atoms with van der Waals surface area (Å²) in [6.45, 7) is 7.86. The third-order valence-electron chi connectivity index (χ3n) is 4.77. The third kappa shape index (κ3) is 4.92. The Labute approximate surface area is 150 Å². The van der Waals surface area contributed by atoms with E-state index in [1.165, 1.54) is 0 Å². The highest BCUT2D eigenvalue weighted by atomic mass is 16.3. The Bertz CT molecular complexity index is 709. The Morgan fingerprint density at radius 1 is 1.24 bits per heavy atom. The molecule has 0 saturated carbocycles. The third-order valence-corrected chi connectivity index (χ3v) is 4.77. The molecule has 3 atom stereocenters. The lowest BCUT2D eigenvalue weighted by Gasteiger charge is -2.20. The van der Waals surface area contributed by atoms with E-state index in [4.69, 9.17) is 0 Å². The second-order valence-corrected chi connectivity index (χ2v) is 6.95. The number of aliphatic hydroxyl groups excluding tert-OH is 1. The molecule has 1 heterocycles. The van der Waals surface area contributed by atoms with E-state index < -0.39 is 6.10 Å². The fraction of sp³-hybridized carbons (Fsp3) is 0.500. The molecule has 2 aromatic rings. The fourth-order valence-electron chi connectivity index (χ4n) is 3.10. The van der Waals surface area contributed by atoms with Crippen LogP contribution in [0, 0.1) is 19.8 Å². The van der Waals surface area contributed by atoms with Crippen molar-refractivity contribution in [3.8, 4) is 0 Å². The summed E-state index contributed by atoms with van der Waals surface area (Å²) >= 11 is 0. The second-order valence-electron chi connectivity index (χ2n) is 6.95. The quantitative estimate of drug-likeness (QED) is 0.812. The molecule has 1 aromatic heterocycles. The largest absolute Gasteiger partial charge is 0.388 e. The molecule has 2 rings (SSSR count). The summed E-state index contributed by atoms with van der Waals surface area (Å²) in [4.78, 5) is 12.5. The van der Waals surface area contributed by atoms with Crippen molar-refractivity contribution in [1.29, 1.82) is 0 Å². The average molecular weight is 343 g/mol. The molecule has 25 heavy (non-hydrogen) atoms. The minimum Gasteiger partial charge on any atom is -0.388 e. The van der Waals surface area contributed by atoms with Gasteiger partial charge in [0.15, 0.2) is 0 Å². The summed E-state index contributed by atoms with van der Waals surface area (Å²) in [7, 11) is 1.92. The predicted octanol–water partition coefficient (Wildman–Crippen LogP) is 2.84. The zero-order chi connectivity index (χ0) is 18.6. The van der Waals surface area contributed by atoms with Gasteiger partial charge in [-0.2, -0.15) is 5.10 Å². The molecule has 0 spiro atoms. The van der Waals surface area contributed by atoms with Crippen molar-refractivity contribution in [2.75, 3.05) is 0 Å². The van der Waals surface area contributed by atoms with Gasteiger partial charge >= 0.3 is 0 Å². The number of carbonyl (C=O) groups excluding carboxylic acids is 1. The maximum Gasteiger partial charge on any atom is 0.223 e. The van der Waals surface area contributed by atoms with E-state index in [1.807, 2.05) is 69.8 Å². The van der Waals surface area contributed by atoms with Gasteiger partial charge in [-0.05, 0) is 44.7 Å². The second kappa shape index (κ2) is 8.30. The van der Waals surface area contributed by atoms with Crippen molar-refractivity contribution in [2.45, 2.75) is 52.7 Å². The highest BCUT2D eigenvalue weighted by Crippen LogP contribution is 2.19. The Morgan fingerprint density at radius 2 is 1.88 bits per heavy atom. The van der Waals surface area contributed by atoms with Crippen molar-refractivity contribution in [3.63, 3.8) is 0 Å². The van der Waals surface area contributed by atoms with Gasteiger partial charge in [0.1, 0.15) is 0 Å². The molecule has 0 bridgehead atoms. The van der Waals surface area contributed by atoms with E-state index in [9.17, 15) is 9.90 Å². The molecule has 0 fully saturated rings. The van der Waals surface area contributed by atoms with Gasteiger partial charge in [-0.3, -0.25) is 9.48 Å². The summed E-state index contributed by atoms with van der Waals surface area (Å²) in [5.74, 6) is -0.131. The number of aromatic nitrogens is 2. The van der Waals surface area contributed by atoms with E-state index in [0.29, 0.717) is 12.8 Å². The van der Waals surface area contributed by atoms with Crippen LogP contribution in [0.1, 0.15) is 48.9 Å². The molecular formula is C20H29N3O2. The number of carbonyl (C=O) groups is 1. The van der Waals surface area contributed by atoms with Crippen molar-refractivity contribution in [2.24, 2.45) is 13.0 Å². The van der Waals surface area contributed by atoms with Crippen LogP contribution in [0.15, 0.2) is 30.3 Å². The smallest absolute Gasteiger partial charge is 0.223 e. The topological polar surface area (TPSA) is 67.2 Å². The first-order valence-electron chi connectivity index (χ1n) is 8.82. The summed E-state index contributed by atoms with van der Waals surface area (Å²) < 4.78 is 1.86.